The molecule has 0 aromatic rings. The van der Waals surface area contributed by atoms with Crippen molar-refractivity contribution in [2.75, 3.05) is 13.1 Å². The van der Waals surface area contributed by atoms with E-state index in [-0.39, 0.29) is 0 Å². The number of hydrogen-bond acceptors (Lipinski definition) is 3. The summed E-state index contributed by atoms with van der Waals surface area (Å²) in [5.41, 5.74) is 0.368. The second-order valence-corrected chi connectivity index (χ2v) is 3.30. The summed E-state index contributed by atoms with van der Waals surface area (Å²) in [6, 6.07) is 0.617. The Hall–Kier alpha value is -0.120. The summed E-state index contributed by atoms with van der Waals surface area (Å²) in [5.74, 6) is 5.70. The summed E-state index contributed by atoms with van der Waals surface area (Å²) >= 11 is 0. The van der Waals surface area contributed by atoms with Crippen molar-refractivity contribution in [3.63, 3.8) is 0 Å². The molecule has 1 saturated heterocycles. The molecule has 11 heavy (non-hydrogen) atoms. The van der Waals surface area contributed by atoms with E-state index in [0.29, 0.717) is 11.6 Å². The lowest BCUT2D eigenvalue weighted by molar-refractivity contribution is 0.207. The third-order valence-corrected chi connectivity index (χ3v) is 2.49. The molecule has 0 radical (unpaired) electrons. The van der Waals surface area contributed by atoms with Gasteiger partial charge in [0, 0.05) is 24.7 Å². The van der Waals surface area contributed by atoms with E-state index in [0.717, 1.165) is 13.1 Å². The summed E-state index contributed by atoms with van der Waals surface area (Å²) in [4.78, 5) is 0. The first-order chi connectivity index (χ1) is 5.22. The van der Waals surface area contributed by atoms with Crippen LogP contribution < -0.4 is 11.2 Å². The first-order valence-electron chi connectivity index (χ1n) is 4.49. The quantitative estimate of drug-likeness (QED) is 0.498. The van der Waals surface area contributed by atoms with Crippen LogP contribution in [0.1, 0.15) is 27.2 Å². The fraction of sp³-hybridized carbons (Fsp3) is 1.00. The molecular weight excluding hydrogens is 138 g/mol. The number of nitrogens with one attached hydrogen (secondary N) is 1. The molecule has 66 valence electrons. The third kappa shape index (κ3) is 1.55. The van der Waals surface area contributed by atoms with Crippen LogP contribution in [-0.2, 0) is 0 Å². The van der Waals surface area contributed by atoms with E-state index in [1.165, 1.54) is 6.42 Å². The van der Waals surface area contributed by atoms with Crippen molar-refractivity contribution in [3.05, 3.63) is 0 Å². The standard InChI is InChI=1S/C6H13N3.C2H6/c1-6-4-5(6)9(7)3-2-8-6;1-2/h5,8H,2-4,7H2,1H3;1-2H3. The minimum Gasteiger partial charge on any atom is -0.309 e. The average molecular weight is 157 g/mol. The fourth-order valence-electron chi connectivity index (χ4n) is 1.64. The Bertz CT molecular complexity index is 137. The molecule has 1 aliphatic carbocycles. The predicted molar refractivity (Wildman–Crippen MR) is 47.1 cm³/mol. The van der Waals surface area contributed by atoms with E-state index in [9.17, 15) is 0 Å². The van der Waals surface area contributed by atoms with Gasteiger partial charge in [0.15, 0.2) is 0 Å². The smallest absolute Gasteiger partial charge is 0.0439 e. The number of nitrogens with zero attached hydrogens (tertiary/aromatic N) is 1. The lowest BCUT2D eigenvalue weighted by atomic mass is 10.2. The molecule has 0 amide bonds. The first kappa shape index (κ1) is 8.97. The van der Waals surface area contributed by atoms with Gasteiger partial charge in [0.05, 0.1) is 0 Å². The van der Waals surface area contributed by atoms with Crippen LogP contribution in [0.2, 0.25) is 0 Å². The lowest BCUT2D eigenvalue weighted by Gasteiger charge is -2.26. The molecule has 1 aliphatic heterocycles. The summed E-state index contributed by atoms with van der Waals surface area (Å²) in [6.07, 6.45) is 1.23. The number of hydrogen-bond donors (Lipinski definition) is 2. The van der Waals surface area contributed by atoms with Crippen molar-refractivity contribution in [1.82, 2.24) is 10.3 Å². The molecule has 0 bridgehead atoms. The van der Waals surface area contributed by atoms with E-state index < -0.39 is 0 Å². The van der Waals surface area contributed by atoms with Crippen molar-refractivity contribution >= 4 is 0 Å². The topological polar surface area (TPSA) is 41.3 Å². The van der Waals surface area contributed by atoms with Crippen LogP contribution >= 0.6 is 0 Å². The van der Waals surface area contributed by atoms with Crippen molar-refractivity contribution in [2.45, 2.75) is 38.8 Å². The third-order valence-electron chi connectivity index (χ3n) is 2.49. The van der Waals surface area contributed by atoms with Gasteiger partial charge < -0.3 is 5.32 Å². The molecule has 2 fully saturated rings. The Labute approximate surface area is 68.9 Å². The molecule has 2 unspecified atom stereocenters. The van der Waals surface area contributed by atoms with Crippen molar-refractivity contribution < 1.29 is 0 Å². The zero-order valence-electron chi connectivity index (χ0n) is 7.72. The van der Waals surface area contributed by atoms with Crippen LogP contribution in [0.15, 0.2) is 0 Å². The van der Waals surface area contributed by atoms with Crippen molar-refractivity contribution in [2.24, 2.45) is 5.84 Å². The normalized spacial score (nSPS) is 42.0. The summed E-state index contributed by atoms with van der Waals surface area (Å²) in [6.45, 7) is 8.28. The van der Waals surface area contributed by atoms with Crippen LogP contribution in [0, 0.1) is 0 Å². The highest BCUT2D eigenvalue weighted by molar-refractivity contribution is 5.14. The van der Waals surface area contributed by atoms with Gasteiger partial charge >= 0.3 is 0 Å². The molecule has 2 aliphatic rings. The van der Waals surface area contributed by atoms with Gasteiger partial charge in [-0.25, -0.2) is 5.01 Å². The summed E-state index contributed by atoms with van der Waals surface area (Å²) in [7, 11) is 0. The molecule has 0 aromatic carbocycles. The van der Waals surface area contributed by atoms with E-state index in [1.54, 1.807) is 0 Å². The number of fused-ring (bicyclic) bond motifs is 1. The molecule has 3 N–H and O–H groups in total. The molecule has 1 saturated carbocycles. The highest BCUT2D eigenvalue weighted by Crippen LogP contribution is 2.40. The Morgan fingerprint density at radius 2 is 2.18 bits per heavy atom. The summed E-state index contributed by atoms with van der Waals surface area (Å²) < 4.78 is 0. The molecule has 0 spiro atoms. The van der Waals surface area contributed by atoms with Crippen LogP contribution in [0.3, 0.4) is 0 Å². The van der Waals surface area contributed by atoms with Crippen LogP contribution in [0.5, 0.6) is 0 Å². The number of nitrogens with two attached hydrogens (primary N) is 1. The largest absolute Gasteiger partial charge is 0.309 e. The van der Waals surface area contributed by atoms with E-state index >= 15 is 0 Å². The molecule has 3 nitrogen and oxygen atoms in total. The average Bonchev–Trinajstić information content (AvgIpc) is 2.68. The Balaban J connectivity index is 0.000000281. The van der Waals surface area contributed by atoms with Crippen LogP contribution in [0.25, 0.3) is 0 Å². The molecule has 1 heterocycles. The van der Waals surface area contributed by atoms with Gasteiger partial charge in [-0.1, -0.05) is 13.8 Å². The van der Waals surface area contributed by atoms with Crippen LogP contribution in [-0.4, -0.2) is 29.7 Å². The Morgan fingerprint density at radius 3 is 2.64 bits per heavy atom. The monoisotopic (exact) mass is 157 g/mol. The fourth-order valence-corrected chi connectivity index (χ4v) is 1.64. The maximum absolute atomic E-state index is 5.70. The Kier molecular flexibility index (Phi) is 2.52. The number of hydrazine groups is 1. The zero-order valence-corrected chi connectivity index (χ0v) is 7.72. The number of rotatable bonds is 0. The van der Waals surface area contributed by atoms with Gasteiger partial charge in [-0.2, -0.15) is 0 Å². The lowest BCUT2D eigenvalue weighted by Crippen LogP contribution is -2.52. The van der Waals surface area contributed by atoms with Gasteiger partial charge in [-0.05, 0) is 13.3 Å². The van der Waals surface area contributed by atoms with Gasteiger partial charge in [0.1, 0.15) is 0 Å². The maximum Gasteiger partial charge on any atom is 0.0439 e. The Morgan fingerprint density at radius 1 is 1.55 bits per heavy atom. The van der Waals surface area contributed by atoms with Crippen molar-refractivity contribution in [1.29, 1.82) is 0 Å². The first-order valence-corrected chi connectivity index (χ1v) is 4.49. The van der Waals surface area contributed by atoms with Gasteiger partial charge in [0.2, 0.25) is 0 Å². The zero-order chi connectivity index (χ0) is 8.48. The minimum atomic E-state index is 0.368. The van der Waals surface area contributed by atoms with Crippen LogP contribution in [0.4, 0.5) is 0 Å². The second-order valence-electron chi connectivity index (χ2n) is 3.30. The molecule has 2 atom stereocenters. The van der Waals surface area contributed by atoms with Gasteiger partial charge in [-0.15, -0.1) is 0 Å². The predicted octanol–water partition coefficient (Wildman–Crippen LogP) is 0.323. The highest BCUT2D eigenvalue weighted by atomic mass is 15.5. The molecule has 3 heteroatoms. The SMILES string of the molecule is CC.CC12CC1N(N)CCN2. The van der Waals surface area contributed by atoms with Gasteiger partial charge in [0.25, 0.3) is 0 Å². The van der Waals surface area contributed by atoms with E-state index in [1.807, 2.05) is 18.9 Å². The van der Waals surface area contributed by atoms with E-state index in [4.69, 9.17) is 5.84 Å². The second kappa shape index (κ2) is 3.09. The minimum absolute atomic E-state index is 0.368. The molecular formula is C8H19N3. The maximum atomic E-state index is 5.70. The van der Waals surface area contributed by atoms with Crippen molar-refractivity contribution in [3.8, 4) is 0 Å². The molecule has 2 rings (SSSR count). The van der Waals surface area contributed by atoms with Gasteiger partial charge in [-0.3, -0.25) is 5.84 Å². The highest BCUT2D eigenvalue weighted by Gasteiger charge is 2.54. The van der Waals surface area contributed by atoms with E-state index in [2.05, 4.69) is 12.2 Å². The summed E-state index contributed by atoms with van der Waals surface area (Å²) in [5, 5.41) is 5.40. The molecule has 0 aromatic heterocycles. The number of piperazine rings is 1.